The van der Waals surface area contributed by atoms with Gasteiger partial charge in [-0.05, 0) is 43.2 Å². The summed E-state index contributed by atoms with van der Waals surface area (Å²) < 4.78 is 31.6. The molecule has 3 rings (SSSR count). The summed E-state index contributed by atoms with van der Waals surface area (Å²) in [6, 6.07) is 9.24. The Kier molecular flexibility index (Phi) is 5.58. The van der Waals surface area contributed by atoms with Crippen molar-refractivity contribution in [1.29, 1.82) is 0 Å². The van der Waals surface area contributed by atoms with E-state index in [1.807, 2.05) is 0 Å². The van der Waals surface area contributed by atoms with E-state index in [1.165, 1.54) is 18.2 Å². The monoisotopic (exact) mass is 360 g/mol. The Labute approximate surface area is 149 Å². The molecule has 2 aromatic rings. The first-order valence-electron chi connectivity index (χ1n) is 8.29. The number of halogens is 2. The molecule has 1 saturated heterocycles. The fourth-order valence-electron chi connectivity index (χ4n) is 2.69. The highest BCUT2D eigenvalue weighted by molar-refractivity contribution is 6.06. The molecular weight excluding hydrogens is 342 g/mol. The molecule has 1 aliphatic rings. The number of carbonyl (C=O) groups excluding carboxylic acids is 2. The van der Waals surface area contributed by atoms with E-state index in [0.717, 1.165) is 25.0 Å². The summed E-state index contributed by atoms with van der Waals surface area (Å²) in [6.45, 7) is 1.13. The largest absolute Gasteiger partial charge is 0.376 e. The molecule has 0 aromatic heterocycles. The van der Waals surface area contributed by atoms with Gasteiger partial charge in [-0.3, -0.25) is 9.59 Å². The average Bonchev–Trinajstić information content (AvgIpc) is 3.16. The molecule has 1 unspecified atom stereocenters. The van der Waals surface area contributed by atoms with Crippen LogP contribution in [-0.2, 0) is 4.74 Å². The van der Waals surface area contributed by atoms with E-state index in [1.54, 1.807) is 12.1 Å². The Morgan fingerprint density at radius 2 is 1.81 bits per heavy atom. The number of hydrogen-bond acceptors (Lipinski definition) is 3. The predicted molar refractivity (Wildman–Crippen MR) is 92.1 cm³/mol. The summed E-state index contributed by atoms with van der Waals surface area (Å²) in [4.78, 5) is 24.5. The van der Waals surface area contributed by atoms with Crippen LogP contribution in [0.4, 0.5) is 14.5 Å². The predicted octanol–water partition coefficient (Wildman–Crippen LogP) is 3.13. The Hall–Kier alpha value is -2.80. The maximum absolute atomic E-state index is 13.2. The second-order valence-corrected chi connectivity index (χ2v) is 6.01. The Balaban J connectivity index is 1.64. The van der Waals surface area contributed by atoms with Crippen molar-refractivity contribution in [2.75, 3.05) is 18.5 Å². The van der Waals surface area contributed by atoms with Crippen molar-refractivity contribution in [1.82, 2.24) is 5.32 Å². The third-order valence-electron chi connectivity index (χ3n) is 4.08. The first-order chi connectivity index (χ1) is 12.5. The van der Waals surface area contributed by atoms with E-state index >= 15 is 0 Å². The van der Waals surface area contributed by atoms with E-state index in [9.17, 15) is 18.4 Å². The Bertz CT molecular complexity index is 820. The summed E-state index contributed by atoms with van der Waals surface area (Å²) in [7, 11) is 0. The molecule has 2 N–H and O–H groups in total. The molecule has 0 bridgehead atoms. The number of benzene rings is 2. The molecule has 0 spiro atoms. The minimum atomic E-state index is -1.05. The number of amides is 2. The zero-order chi connectivity index (χ0) is 18.5. The third kappa shape index (κ3) is 4.43. The van der Waals surface area contributed by atoms with Crippen LogP contribution in [0.25, 0.3) is 0 Å². The zero-order valence-electron chi connectivity index (χ0n) is 13.9. The molecule has 7 heteroatoms. The zero-order valence-corrected chi connectivity index (χ0v) is 13.9. The normalized spacial score (nSPS) is 16.3. The number of hydrogen-bond donors (Lipinski definition) is 2. The number of anilines is 1. The van der Waals surface area contributed by atoms with Crippen molar-refractivity contribution in [3.05, 3.63) is 65.2 Å². The van der Waals surface area contributed by atoms with E-state index in [2.05, 4.69) is 10.6 Å². The lowest BCUT2D eigenvalue weighted by Gasteiger charge is -2.11. The quantitative estimate of drug-likeness (QED) is 0.861. The van der Waals surface area contributed by atoms with Gasteiger partial charge in [-0.25, -0.2) is 8.78 Å². The minimum Gasteiger partial charge on any atom is -0.376 e. The van der Waals surface area contributed by atoms with Gasteiger partial charge in [0.15, 0.2) is 11.6 Å². The highest BCUT2D eigenvalue weighted by Gasteiger charge is 2.17. The van der Waals surface area contributed by atoms with Crippen LogP contribution in [0.5, 0.6) is 0 Å². The molecule has 0 radical (unpaired) electrons. The van der Waals surface area contributed by atoms with Crippen molar-refractivity contribution >= 4 is 17.5 Å². The smallest absolute Gasteiger partial charge is 0.255 e. The van der Waals surface area contributed by atoms with Gasteiger partial charge in [0.1, 0.15) is 0 Å². The molecule has 0 aliphatic carbocycles. The molecule has 2 amide bonds. The van der Waals surface area contributed by atoms with Crippen LogP contribution in [0.15, 0.2) is 42.5 Å². The van der Waals surface area contributed by atoms with Crippen LogP contribution in [0, 0.1) is 11.6 Å². The molecule has 1 fully saturated rings. The maximum atomic E-state index is 13.2. The fraction of sp³-hybridized carbons (Fsp3) is 0.263. The van der Waals surface area contributed by atoms with E-state index in [4.69, 9.17) is 4.74 Å². The lowest BCUT2D eigenvalue weighted by atomic mass is 10.1. The first-order valence-corrected chi connectivity index (χ1v) is 8.29. The van der Waals surface area contributed by atoms with E-state index in [0.29, 0.717) is 18.7 Å². The average molecular weight is 360 g/mol. The number of ether oxygens (including phenoxy) is 1. The molecule has 136 valence electrons. The molecule has 1 heterocycles. The van der Waals surface area contributed by atoms with Gasteiger partial charge in [-0.15, -0.1) is 0 Å². The lowest BCUT2D eigenvalue weighted by Crippen LogP contribution is -2.31. The number of carbonyl (C=O) groups is 2. The summed E-state index contributed by atoms with van der Waals surface area (Å²) in [5.74, 6) is -2.87. The van der Waals surface area contributed by atoms with Gasteiger partial charge in [0, 0.05) is 36.0 Å². The van der Waals surface area contributed by atoms with Crippen LogP contribution in [-0.4, -0.2) is 31.1 Å². The standard InChI is InChI=1S/C19H18F2N2O3/c20-16-7-6-14(10-17(16)21)23-19(25)13-4-1-3-12(9-13)18(24)22-11-15-5-2-8-26-15/h1,3-4,6-7,9-10,15H,2,5,8,11H2,(H,22,24)(H,23,25). The highest BCUT2D eigenvalue weighted by Crippen LogP contribution is 2.15. The second-order valence-electron chi connectivity index (χ2n) is 6.01. The fourth-order valence-corrected chi connectivity index (χ4v) is 2.69. The maximum Gasteiger partial charge on any atom is 0.255 e. The lowest BCUT2D eigenvalue weighted by molar-refractivity contribution is 0.0858. The summed E-state index contributed by atoms with van der Waals surface area (Å²) in [5, 5.41) is 5.26. The molecular formula is C19H18F2N2O3. The number of nitrogens with one attached hydrogen (secondary N) is 2. The van der Waals surface area contributed by atoms with Crippen LogP contribution in [0.1, 0.15) is 33.6 Å². The molecule has 0 saturated carbocycles. The SMILES string of the molecule is O=C(NCC1CCCO1)c1cccc(C(=O)Nc2ccc(F)c(F)c2)c1. The second kappa shape index (κ2) is 8.05. The first kappa shape index (κ1) is 18.0. The molecule has 1 atom stereocenters. The van der Waals surface area contributed by atoms with Crippen LogP contribution >= 0.6 is 0 Å². The summed E-state index contributed by atoms with van der Waals surface area (Å²) in [5.41, 5.74) is 0.697. The van der Waals surface area contributed by atoms with Gasteiger partial charge in [0.2, 0.25) is 0 Å². The molecule has 1 aliphatic heterocycles. The van der Waals surface area contributed by atoms with Crippen molar-refractivity contribution < 1.29 is 23.1 Å². The molecule has 2 aromatic carbocycles. The van der Waals surface area contributed by atoms with Gasteiger partial charge in [0.05, 0.1) is 6.10 Å². The van der Waals surface area contributed by atoms with Crippen molar-refractivity contribution in [2.45, 2.75) is 18.9 Å². The van der Waals surface area contributed by atoms with Crippen molar-refractivity contribution in [3.63, 3.8) is 0 Å². The summed E-state index contributed by atoms with van der Waals surface area (Å²) >= 11 is 0. The van der Waals surface area contributed by atoms with Crippen LogP contribution < -0.4 is 10.6 Å². The Morgan fingerprint density at radius 3 is 2.50 bits per heavy atom. The number of rotatable bonds is 5. The van der Waals surface area contributed by atoms with Crippen molar-refractivity contribution in [3.8, 4) is 0 Å². The van der Waals surface area contributed by atoms with Gasteiger partial charge in [-0.1, -0.05) is 6.07 Å². The van der Waals surface area contributed by atoms with E-state index in [-0.39, 0.29) is 23.3 Å². The minimum absolute atomic E-state index is 0.0267. The third-order valence-corrected chi connectivity index (χ3v) is 4.08. The van der Waals surface area contributed by atoms with Gasteiger partial charge < -0.3 is 15.4 Å². The topological polar surface area (TPSA) is 67.4 Å². The summed E-state index contributed by atoms with van der Waals surface area (Å²) in [6.07, 6.45) is 1.93. The molecule has 5 nitrogen and oxygen atoms in total. The van der Waals surface area contributed by atoms with Gasteiger partial charge in [0.25, 0.3) is 11.8 Å². The van der Waals surface area contributed by atoms with E-state index < -0.39 is 17.5 Å². The van der Waals surface area contributed by atoms with Gasteiger partial charge >= 0.3 is 0 Å². The molecule has 26 heavy (non-hydrogen) atoms. The van der Waals surface area contributed by atoms with Crippen LogP contribution in [0.3, 0.4) is 0 Å². The van der Waals surface area contributed by atoms with Crippen LogP contribution in [0.2, 0.25) is 0 Å². The Morgan fingerprint density at radius 1 is 1.04 bits per heavy atom. The highest BCUT2D eigenvalue weighted by atomic mass is 19.2. The van der Waals surface area contributed by atoms with Gasteiger partial charge in [-0.2, -0.15) is 0 Å². The van der Waals surface area contributed by atoms with Crippen molar-refractivity contribution in [2.24, 2.45) is 0 Å².